The Labute approximate surface area is 397 Å². The zero-order valence-corrected chi connectivity index (χ0v) is 39.3. The largest absolute Gasteiger partial charge is 0.444 e. The van der Waals surface area contributed by atoms with Gasteiger partial charge in [0.05, 0.1) is 35.4 Å². The first-order chi connectivity index (χ1) is 32.6. The summed E-state index contributed by atoms with van der Waals surface area (Å²) in [6.07, 6.45) is 3.59. The van der Waals surface area contributed by atoms with Crippen LogP contribution in [-0.4, -0.2) is 78.3 Å². The smallest absolute Gasteiger partial charge is 0.408 e. The highest BCUT2D eigenvalue weighted by Crippen LogP contribution is 2.36. The fourth-order valence-electron chi connectivity index (χ4n) is 8.63. The van der Waals surface area contributed by atoms with Crippen molar-refractivity contribution >= 4 is 24.0 Å². The number of imidazole rings is 1. The molecule has 6 aromatic rings. The van der Waals surface area contributed by atoms with Crippen LogP contribution in [0.1, 0.15) is 125 Å². The highest BCUT2D eigenvalue weighted by Gasteiger charge is 2.39. The molecule has 2 aliphatic rings. The molecule has 14 heteroatoms. The Morgan fingerprint density at radius 2 is 1.12 bits per heavy atom. The topological polar surface area (TPSA) is 175 Å². The third-order valence-electron chi connectivity index (χ3n) is 11.7. The van der Waals surface area contributed by atoms with E-state index < -0.39 is 35.5 Å². The van der Waals surface area contributed by atoms with Crippen LogP contribution in [0.4, 0.5) is 9.59 Å². The molecule has 0 spiro atoms. The quantitative estimate of drug-likeness (QED) is 0.0983. The number of hydrogen-bond acceptors (Lipinski definition) is 8. The molecule has 0 saturated carbocycles. The molecule has 0 bridgehead atoms. The predicted octanol–water partition coefficient (Wildman–Crippen LogP) is 9.73. The van der Waals surface area contributed by atoms with Crippen molar-refractivity contribution in [2.75, 3.05) is 13.1 Å². The SMILES string of the molecule is CC(C)(C)OC(=O)N[C@@H](C(=O)N1CCC[C@H]1c1cc(-c2ccc(C#Cc3ccc(-c4cnc([C@@H]5CCCN5C(=O)[C@H](NC(=O)OC(C)(C)C)c5ccccc5)[nH]4)cc3)cc2)n[nH]1)c1ccccc1. The molecule has 14 nitrogen and oxygen atoms in total. The summed E-state index contributed by atoms with van der Waals surface area (Å²) in [6.45, 7) is 11.8. The molecule has 2 aromatic heterocycles. The predicted molar refractivity (Wildman–Crippen MR) is 259 cm³/mol. The Balaban J connectivity index is 0.898. The van der Waals surface area contributed by atoms with Gasteiger partial charge in [0.1, 0.15) is 29.1 Å². The number of benzene rings is 4. The Morgan fingerprint density at radius 1 is 0.647 bits per heavy atom. The Morgan fingerprint density at radius 3 is 1.62 bits per heavy atom. The molecule has 350 valence electrons. The Hall–Kier alpha value is -7.66. The van der Waals surface area contributed by atoms with Gasteiger partial charge < -0.3 is 34.9 Å². The van der Waals surface area contributed by atoms with Gasteiger partial charge in [-0.3, -0.25) is 14.7 Å². The number of H-pyrrole nitrogens is 2. The molecular weight excluding hydrogens is 857 g/mol. The number of nitrogens with zero attached hydrogens (tertiary/aromatic N) is 4. The van der Waals surface area contributed by atoms with Crippen LogP contribution in [0.25, 0.3) is 22.5 Å². The summed E-state index contributed by atoms with van der Waals surface area (Å²) in [6, 6.07) is 33.9. The van der Waals surface area contributed by atoms with Gasteiger partial charge in [-0.05, 0) is 114 Å². The van der Waals surface area contributed by atoms with Gasteiger partial charge in [-0.25, -0.2) is 14.6 Å². The highest BCUT2D eigenvalue weighted by atomic mass is 16.6. The highest BCUT2D eigenvalue weighted by molar-refractivity contribution is 5.88. The maximum Gasteiger partial charge on any atom is 0.408 e. The van der Waals surface area contributed by atoms with Gasteiger partial charge in [0.15, 0.2) is 0 Å². The second kappa shape index (κ2) is 20.1. The maximum atomic E-state index is 14.1. The minimum absolute atomic E-state index is 0.208. The van der Waals surface area contributed by atoms with Gasteiger partial charge in [0, 0.05) is 29.8 Å². The minimum Gasteiger partial charge on any atom is -0.444 e. The molecule has 0 radical (unpaired) electrons. The molecule has 4 amide bonds. The average molecular weight is 915 g/mol. The number of alkyl carbamates (subject to hydrolysis) is 2. The van der Waals surface area contributed by atoms with Crippen molar-refractivity contribution in [2.24, 2.45) is 0 Å². The van der Waals surface area contributed by atoms with Crippen molar-refractivity contribution in [3.05, 3.63) is 155 Å². The number of hydrogen-bond donors (Lipinski definition) is 4. The Bertz CT molecular complexity index is 2590. The van der Waals surface area contributed by atoms with Crippen LogP contribution in [0.5, 0.6) is 0 Å². The lowest BCUT2D eigenvalue weighted by Crippen LogP contribution is -2.44. The van der Waals surface area contributed by atoms with Gasteiger partial charge in [-0.2, -0.15) is 5.10 Å². The molecular formula is C54H58N8O6. The number of rotatable bonds is 10. The van der Waals surface area contributed by atoms with Crippen LogP contribution in [0.2, 0.25) is 0 Å². The summed E-state index contributed by atoms with van der Waals surface area (Å²) in [5.74, 6) is 6.79. The number of carbonyl (C=O) groups excluding carboxylic acids is 4. The summed E-state index contributed by atoms with van der Waals surface area (Å²) in [5, 5.41) is 13.4. The Kier molecular flexibility index (Phi) is 13.8. The second-order valence-electron chi connectivity index (χ2n) is 19.2. The lowest BCUT2D eigenvalue weighted by molar-refractivity contribution is -0.135. The summed E-state index contributed by atoms with van der Waals surface area (Å²) in [4.78, 5) is 65.8. The monoisotopic (exact) mass is 914 g/mol. The van der Waals surface area contributed by atoms with Gasteiger partial charge in [-0.1, -0.05) is 96.8 Å². The van der Waals surface area contributed by atoms with E-state index in [1.54, 1.807) is 52.6 Å². The number of nitrogens with one attached hydrogen (secondary N) is 4. The number of carbonyl (C=O) groups is 4. The maximum absolute atomic E-state index is 14.1. The van der Waals surface area contributed by atoms with Crippen molar-refractivity contribution in [1.29, 1.82) is 0 Å². The van der Waals surface area contributed by atoms with Crippen molar-refractivity contribution in [3.63, 3.8) is 0 Å². The zero-order valence-electron chi connectivity index (χ0n) is 39.3. The van der Waals surface area contributed by atoms with E-state index in [0.29, 0.717) is 30.0 Å². The lowest BCUT2D eigenvalue weighted by atomic mass is 10.0. The van der Waals surface area contributed by atoms with Crippen molar-refractivity contribution in [1.82, 2.24) is 40.6 Å². The lowest BCUT2D eigenvalue weighted by Gasteiger charge is -2.29. The number of aromatic amines is 2. The standard InChI is InChI=1S/C54H58N8O6/c1-53(2,3)67-51(65)57-46(39-15-9-7-10-16-39)49(63)61-31-13-19-44(61)42-33-41(59-60-42)37-27-23-35(24-28-37)21-22-36-25-29-38(30-26-36)43-34-55-48(56-43)45-20-14-32-62(45)50(64)47(40-17-11-8-12-18-40)58-52(66)68-54(4,5)6/h7-12,15-18,23-30,33-34,44-47H,13-14,19-20,31-32H2,1-6H3,(H,55,56)(H,57,65)(H,58,66)(H,59,60)/t44-,45-,46+,47+/m0/s1. The number of likely N-dealkylation sites (tertiary alicyclic amines) is 2. The van der Waals surface area contributed by atoms with E-state index in [1.165, 1.54) is 0 Å². The third kappa shape index (κ3) is 11.5. The van der Waals surface area contributed by atoms with Crippen LogP contribution < -0.4 is 10.6 Å². The summed E-state index contributed by atoms with van der Waals surface area (Å²) >= 11 is 0. The molecule has 8 rings (SSSR count). The summed E-state index contributed by atoms with van der Waals surface area (Å²) in [7, 11) is 0. The van der Waals surface area contributed by atoms with Gasteiger partial charge >= 0.3 is 12.2 Å². The molecule has 2 fully saturated rings. The van der Waals surface area contributed by atoms with E-state index in [-0.39, 0.29) is 23.9 Å². The van der Waals surface area contributed by atoms with Crippen LogP contribution in [0, 0.1) is 11.8 Å². The number of ether oxygens (including phenoxy) is 2. The van der Waals surface area contributed by atoms with Crippen LogP contribution in [0.3, 0.4) is 0 Å². The average Bonchev–Trinajstić information content (AvgIpc) is 4.16. The first kappa shape index (κ1) is 46.9. The fraction of sp³-hybridized carbons (Fsp3) is 0.333. The second-order valence-corrected chi connectivity index (χ2v) is 19.2. The molecule has 0 unspecified atom stereocenters. The first-order valence-corrected chi connectivity index (χ1v) is 23.1. The van der Waals surface area contributed by atoms with Crippen LogP contribution in [0.15, 0.2) is 121 Å². The first-order valence-electron chi connectivity index (χ1n) is 23.1. The minimum atomic E-state index is -0.913. The van der Waals surface area contributed by atoms with E-state index >= 15 is 0 Å². The van der Waals surface area contributed by atoms with Gasteiger partial charge in [0.25, 0.3) is 5.91 Å². The molecule has 4 N–H and O–H groups in total. The van der Waals surface area contributed by atoms with Gasteiger partial charge in [-0.15, -0.1) is 0 Å². The molecule has 2 saturated heterocycles. The molecule has 68 heavy (non-hydrogen) atoms. The number of aromatic nitrogens is 4. The number of amides is 4. The van der Waals surface area contributed by atoms with E-state index in [0.717, 1.165) is 65.0 Å². The summed E-state index contributed by atoms with van der Waals surface area (Å²) in [5.41, 5.74) is 5.85. The third-order valence-corrected chi connectivity index (χ3v) is 11.7. The van der Waals surface area contributed by atoms with Crippen molar-refractivity contribution < 1.29 is 28.7 Å². The van der Waals surface area contributed by atoms with E-state index in [2.05, 4.69) is 37.7 Å². The fourth-order valence-corrected chi connectivity index (χ4v) is 8.63. The molecule has 4 atom stereocenters. The van der Waals surface area contributed by atoms with E-state index in [4.69, 9.17) is 14.5 Å². The van der Waals surface area contributed by atoms with E-state index in [9.17, 15) is 19.2 Å². The van der Waals surface area contributed by atoms with Crippen molar-refractivity contribution in [3.8, 4) is 34.4 Å². The van der Waals surface area contributed by atoms with Crippen LogP contribution in [-0.2, 0) is 19.1 Å². The van der Waals surface area contributed by atoms with Gasteiger partial charge in [0.2, 0.25) is 5.91 Å². The van der Waals surface area contributed by atoms with Crippen LogP contribution >= 0.6 is 0 Å². The zero-order chi connectivity index (χ0) is 48.0. The normalized spacial score (nSPS) is 16.9. The molecule has 2 aliphatic heterocycles. The van der Waals surface area contributed by atoms with Crippen molar-refractivity contribution in [2.45, 2.75) is 103 Å². The molecule has 0 aliphatic carbocycles. The molecule has 4 heterocycles. The molecule has 4 aromatic carbocycles. The summed E-state index contributed by atoms with van der Waals surface area (Å²) < 4.78 is 11.0. The van der Waals surface area contributed by atoms with E-state index in [1.807, 2.05) is 120 Å².